The van der Waals surface area contributed by atoms with Gasteiger partial charge in [-0.3, -0.25) is 10.1 Å². The van der Waals surface area contributed by atoms with Gasteiger partial charge in [-0.2, -0.15) is 0 Å². The number of nitro groups is 1. The van der Waals surface area contributed by atoms with Crippen molar-refractivity contribution in [2.45, 2.75) is 0 Å². The van der Waals surface area contributed by atoms with Crippen molar-refractivity contribution in [2.75, 3.05) is 5.88 Å². The van der Waals surface area contributed by atoms with Crippen LogP contribution in [0.5, 0.6) is 0 Å². The van der Waals surface area contributed by atoms with Crippen molar-refractivity contribution in [2.24, 2.45) is 0 Å². The Morgan fingerprint density at radius 1 is 2.00 bits per heavy atom. The first-order chi connectivity index (χ1) is 2.27. The lowest BCUT2D eigenvalue weighted by Gasteiger charge is -1.73. The van der Waals surface area contributed by atoms with Crippen molar-refractivity contribution in [1.29, 1.82) is 0 Å². The van der Waals surface area contributed by atoms with Crippen molar-refractivity contribution in [3.05, 3.63) is 10.1 Å². The van der Waals surface area contributed by atoms with Crippen LogP contribution in [0.1, 0.15) is 0 Å². The molecule has 0 unspecified atom stereocenters. The van der Waals surface area contributed by atoms with Gasteiger partial charge in [0.2, 0.25) is 5.88 Å². The number of hydrogen-bond donors (Lipinski definition) is 1. The van der Waals surface area contributed by atoms with E-state index in [-0.39, 0.29) is 5.88 Å². The van der Waals surface area contributed by atoms with Gasteiger partial charge in [-0.25, -0.2) is 0 Å². The molecule has 0 amide bonds. The number of nitrogens with zero attached hydrogens (tertiary/aromatic N) is 1. The fraction of sp³-hybridized carbons (Fsp3) is 1.00. The lowest BCUT2D eigenvalue weighted by molar-refractivity contribution is -0.456. The van der Waals surface area contributed by atoms with Gasteiger partial charge in [0.25, 0.3) is 0 Å². The first kappa shape index (κ1) is 4.75. The molecule has 0 saturated heterocycles. The van der Waals surface area contributed by atoms with E-state index in [0.717, 1.165) is 0 Å². The maximum absolute atomic E-state index is 9.10. The topological polar surface area (TPSA) is 43.1 Å². The lowest BCUT2D eigenvalue weighted by atomic mass is 11.5. The highest BCUT2D eigenvalue weighted by atomic mass is 32.1. The van der Waals surface area contributed by atoms with Gasteiger partial charge < -0.3 is 0 Å². The predicted molar refractivity (Wildman–Crippen MR) is 20.8 cm³/mol. The van der Waals surface area contributed by atoms with Crippen LogP contribution in [0.3, 0.4) is 0 Å². The van der Waals surface area contributed by atoms with Crippen LogP contribution in [0.4, 0.5) is 0 Å². The minimum atomic E-state index is -0.511. The van der Waals surface area contributed by atoms with Gasteiger partial charge in [0.05, 0.1) is 0 Å². The molecular weight excluding hydrogens is 90.1 g/mol. The Morgan fingerprint density at radius 2 is 2.20 bits per heavy atom. The Balaban J connectivity index is 2.85. The number of rotatable bonds is 1. The summed E-state index contributed by atoms with van der Waals surface area (Å²) in [6, 6.07) is 0. The molecule has 0 aliphatic carbocycles. The average molecular weight is 93.1 g/mol. The zero-order valence-electron chi connectivity index (χ0n) is 2.42. The van der Waals surface area contributed by atoms with Gasteiger partial charge in [0.1, 0.15) is 0 Å². The molecule has 0 saturated carbocycles. The van der Waals surface area contributed by atoms with Crippen LogP contribution < -0.4 is 0 Å². The zero-order chi connectivity index (χ0) is 4.28. The van der Waals surface area contributed by atoms with Crippen molar-refractivity contribution in [1.82, 2.24) is 0 Å². The molecule has 0 aromatic heterocycles. The van der Waals surface area contributed by atoms with Gasteiger partial charge in [-0.05, 0) is 0 Å². The van der Waals surface area contributed by atoms with E-state index >= 15 is 0 Å². The third-order valence-electron chi connectivity index (χ3n) is 0.115. The second-order valence-electron chi connectivity index (χ2n) is 0.474. The second kappa shape index (κ2) is 2.02. The summed E-state index contributed by atoms with van der Waals surface area (Å²) in [7, 11) is 0. The maximum Gasteiger partial charge on any atom is 0.246 e. The third kappa shape index (κ3) is 3.75. The number of hydrogen-bond acceptors (Lipinski definition) is 3. The summed E-state index contributed by atoms with van der Waals surface area (Å²) in [6.45, 7) is 0. The predicted octanol–water partition coefficient (Wildman–Crippen LogP) is 0.150. The Hall–Kier alpha value is -0.250. The molecule has 0 spiro atoms. The van der Waals surface area contributed by atoms with Crippen LogP contribution in [0.2, 0.25) is 0 Å². The molecule has 0 aromatic rings. The van der Waals surface area contributed by atoms with E-state index in [4.69, 9.17) is 10.1 Å². The van der Waals surface area contributed by atoms with E-state index in [1.165, 1.54) is 0 Å². The van der Waals surface area contributed by atoms with Crippen molar-refractivity contribution in [3.8, 4) is 0 Å². The summed E-state index contributed by atoms with van der Waals surface area (Å²) in [5.74, 6) is -0.278. The molecule has 0 aromatic carbocycles. The Labute approximate surface area is 34.5 Å². The zero-order valence-corrected chi connectivity index (χ0v) is 3.31. The molecule has 0 radical (unpaired) electrons. The third-order valence-corrected chi connectivity index (χ3v) is 0.346. The molecule has 0 fully saturated rings. The van der Waals surface area contributed by atoms with Gasteiger partial charge in [-0.1, -0.05) is 0 Å². The van der Waals surface area contributed by atoms with Crippen LogP contribution in [-0.2, 0) is 0 Å². The molecule has 4 heteroatoms. The van der Waals surface area contributed by atoms with Crippen molar-refractivity contribution in [3.63, 3.8) is 0 Å². The van der Waals surface area contributed by atoms with Crippen molar-refractivity contribution < 1.29 is 4.92 Å². The summed E-state index contributed by atoms with van der Waals surface area (Å²) in [5, 5.41) is 9.10. The molecule has 0 aliphatic rings. The molecule has 0 heterocycles. The highest BCUT2D eigenvalue weighted by Gasteiger charge is 1.77. The summed E-state index contributed by atoms with van der Waals surface area (Å²) in [6.07, 6.45) is 0. The quantitative estimate of drug-likeness (QED) is 0.217. The molecular formula is CH3NO2S. The minimum absolute atomic E-state index is 0.278. The monoisotopic (exact) mass is 93.0 g/mol. The molecule has 0 bridgehead atoms. The Kier molecular flexibility index (Phi) is 1.92. The van der Waals surface area contributed by atoms with Gasteiger partial charge in [0.15, 0.2) is 0 Å². The summed E-state index contributed by atoms with van der Waals surface area (Å²) < 4.78 is 0. The molecule has 3 nitrogen and oxygen atoms in total. The fourth-order valence-corrected chi connectivity index (χ4v) is 0. The minimum Gasteiger partial charge on any atom is -0.264 e. The van der Waals surface area contributed by atoms with E-state index in [1.54, 1.807) is 0 Å². The molecule has 0 atom stereocenters. The molecule has 30 valence electrons. The van der Waals surface area contributed by atoms with E-state index in [9.17, 15) is 0 Å². The molecule has 5 heavy (non-hydrogen) atoms. The standard InChI is InChI=1S/CH3NO2S/c3-2(4)1-5/h5H,1H2. The van der Waals surface area contributed by atoms with Crippen LogP contribution in [0.25, 0.3) is 0 Å². The fourth-order valence-electron chi connectivity index (χ4n) is 0. The van der Waals surface area contributed by atoms with Crippen LogP contribution in [-0.4, -0.2) is 10.8 Å². The Bertz CT molecular complexity index is 44.9. The van der Waals surface area contributed by atoms with E-state index in [0.29, 0.717) is 0 Å². The summed E-state index contributed by atoms with van der Waals surface area (Å²) in [5.41, 5.74) is 0. The van der Waals surface area contributed by atoms with Crippen molar-refractivity contribution >= 4 is 12.6 Å². The smallest absolute Gasteiger partial charge is 0.246 e. The van der Waals surface area contributed by atoms with E-state index in [1.807, 2.05) is 0 Å². The highest BCUT2D eigenvalue weighted by Crippen LogP contribution is 1.68. The highest BCUT2D eigenvalue weighted by molar-refractivity contribution is 7.80. The summed E-state index contributed by atoms with van der Waals surface area (Å²) >= 11 is 3.32. The first-order valence-electron chi connectivity index (χ1n) is 0.998. The van der Waals surface area contributed by atoms with Crippen LogP contribution in [0, 0.1) is 10.1 Å². The maximum atomic E-state index is 9.10. The largest absolute Gasteiger partial charge is 0.264 e. The Morgan fingerprint density at radius 3 is 2.20 bits per heavy atom. The number of thiol groups is 1. The van der Waals surface area contributed by atoms with E-state index < -0.39 is 4.92 Å². The van der Waals surface area contributed by atoms with Gasteiger partial charge >= 0.3 is 0 Å². The molecule has 0 N–H and O–H groups in total. The molecule has 0 rings (SSSR count). The first-order valence-corrected chi connectivity index (χ1v) is 1.63. The second-order valence-corrected chi connectivity index (χ2v) is 0.757. The summed E-state index contributed by atoms with van der Waals surface area (Å²) in [4.78, 5) is 8.59. The van der Waals surface area contributed by atoms with Gasteiger partial charge in [0, 0.05) is 4.92 Å². The van der Waals surface area contributed by atoms with Crippen LogP contribution in [0.15, 0.2) is 0 Å². The SMILES string of the molecule is O=[N+]([O-])CS. The lowest BCUT2D eigenvalue weighted by Crippen LogP contribution is -1.89. The molecule has 0 aliphatic heterocycles. The van der Waals surface area contributed by atoms with E-state index in [2.05, 4.69) is 12.6 Å². The van der Waals surface area contributed by atoms with Gasteiger partial charge in [-0.15, -0.1) is 12.6 Å². The van der Waals surface area contributed by atoms with Crippen LogP contribution >= 0.6 is 12.6 Å². The normalized spacial score (nSPS) is 7.40. The average Bonchev–Trinajstić information content (AvgIpc) is 1.38.